The number of amides is 1. The number of benzene rings is 1. The van der Waals surface area contributed by atoms with Gasteiger partial charge in [-0.05, 0) is 18.4 Å². The summed E-state index contributed by atoms with van der Waals surface area (Å²) in [6, 6.07) is 9.39. The van der Waals surface area contributed by atoms with Crippen LogP contribution in [0, 0.1) is 0 Å². The van der Waals surface area contributed by atoms with Gasteiger partial charge >= 0.3 is 35.7 Å². The Morgan fingerprint density at radius 1 is 1.40 bits per heavy atom. The second-order valence-corrected chi connectivity index (χ2v) is 5.70. The predicted octanol–water partition coefficient (Wildman–Crippen LogP) is -1.33. The molecule has 0 saturated carbocycles. The Kier molecular flexibility index (Phi) is 7.76. The molecule has 2 unspecified atom stereocenters. The molecule has 1 aliphatic rings. The Balaban J connectivity index is 0.00000200. The zero-order chi connectivity index (χ0) is 13.7. The van der Waals surface area contributed by atoms with E-state index in [0.29, 0.717) is 19.4 Å². The summed E-state index contributed by atoms with van der Waals surface area (Å²) < 4.78 is 27.0. The van der Waals surface area contributed by atoms with Gasteiger partial charge in [-0.15, -0.1) is 0 Å². The van der Waals surface area contributed by atoms with Gasteiger partial charge in [-0.3, -0.25) is 4.21 Å². The number of likely N-dealkylation sites (tertiary alicyclic amines) is 1. The summed E-state index contributed by atoms with van der Waals surface area (Å²) in [5, 5.41) is -0.474. The van der Waals surface area contributed by atoms with Crippen molar-refractivity contribution in [1.29, 1.82) is 0 Å². The summed E-state index contributed by atoms with van der Waals surface area (Å²) in [6.45, 7) is 0.992. The van der Waals surface area contributed by atoms with Crippen LogP contribution in [0.25, 0.3) is 0 Å². The molecule has 1 amide bonds. The summed E-state index contributed by atoms with van der Waals surface area (Å²) >= 11 is -2.13. The second-order valence-electron chi connectivity index (χ2n) is 4.51. The predicted molar refractivity (Wildman–Crippen MR) is 70.1 cm³/mol. The number of rotatable bonds is 3. The molecule has 1 fully saturated rings. The van der Waals surface area contributed by atoms with E-state index in [4.69, 9.17) is 4.74 Å². The van der Waals surface area contributed by atoms with E-state index in [-0.39, 0.29) is 42.7 Å². The van der Waals surface area contributed by atoms with E-state index in [1.54, 1.807) is 0 Å². The summed E-state index contributed by atoms with van der Waals surface area (Å²) in [5.41, 5.74) is 0.914. The first-order valence-electron chi connectivity index (χ1n) is 6.20. The minimum atomic E-state index is -2.13. The first-order valence-corrected chi connectivity index (χ1v) is 7.34. The summed E-state index contributed by atoms with van der Waals surface area (Å²) in [7, 11) is 0. The summed E-state index contributed by atoms with van der Waals surface area (Å²) in [6.07, 6.45) is 0.858. The Morgan fingerprint density at radius 3 is 2.75 bits per heavy atom. The molecule has 7 heteroatoms. The number of ether oxygens (including phenoxy) is 1. The molecule has 0 N–H and O–H groups in total. The van der Waals surface area contributed by atoms with Gasteiger partial charge in [-0.2, -0.15) is 0 Å². The van der Waals surface area contributed by atoms with Crippen LogP contribution >= 0.6 is 0 Å². The fourth-order valence-corrected chi connectivity index (χ4v) is 2.73. The Bertz CT molecular complexity index is 457. The molecule has 1 saturated heterocycles. The molecule has 0 bridgehead atoms. The van der Waals surface area contributed by atoms with Gasteiger partial charge in [0, 0.05) is 18.3 Å². The van der Waals surface area contributed by atoms with Crippen molar-refractivity contribution in [2.45, 2.75) is 24.7 Å². The number of carbonyl (C=O) groups is 1. The van der Waals surface area contributed by atoms with E-state index < -0.39 is 22.4 Å². The van der Waals surface area contributed by atoms with Crippen LogP contribution < -0.4 is 29.6 Å². The fourth-order valence-electron chi connectivity index (χ4n) is 2.07. The van der Waals surface area contributed by atoms with Crippen LogP contribution in [0.3, 0.4) is 0 Å². The van der Waals surface area contributed by atoms with Gasteiger partial charge in [-0.25, -0.2) is 4.79 Å². The third-order valence-corrected chi connectivity index (χ3v) is 4.04. The van der Waals surface area contributed by atoms with Gasteiger partial charge < -0.3 is 14.2 Å². The Hall–Kier alpha value is -0.400. The van der Waals surface area contributed by atoms with E-state index in [1.807, 2.05) is 30.3 Å². The third kappa shape index (κ3) is 5.18. The van der Waals surface area contributed by atoms with Crippen LogP contribution in [0.4, 0.5) is 4.79 Å². The Morgan fingerprint density at radius 2 is 2.10 bits per heavy atom. The average Bonchev–Trinajstić information content (AvgIpc) is 2.46. The van der Waals surface area contributed by atoms with Crippen molar-refractivity contribution in [2.75, 3.05) is 13.1 Å². The number of piperidine rings is 1. The van der Waals surface area contributed by atoms with Gasteiger partial charge in [0.2, 0.25) is 0 Å². The van der Waals surface area contributed by atoms with Crippen molar-refractivity contribution < 1.29 is 47.9 Å². The zero-order valence-corrected chi connectivity index (χ0v) is 14.3. The normalized spacial score (nSPS) is 19.9. The largest absolute Gasteiger partial charge is 1.00 e. The fraction of sp³-hybridized carbons (Fsp3) is 0.462. The monoisotopic (exact) mass is 305 g/mol. The van der Waals surface area contributed by atoms with Gasteiger partial charge in [0.25, 0.3) is 0 Å². The van der Waals surface area contributed by atoms with Crippen molar-refractivity contribution in [3.63, 3.8) is 0 Å². The van der Waals surface area contributed by atoms with Crippen molar-refractivity contribution >= 4 is 17.2 Å². The van der Waals surface area contributed by atoms with E-state index in [9.17, 15) is 13.6 Å². The van der Waals surface area contributed by atoms with E-state index in [2.05, 4.69) is 0 Å². The van der Waals surface area contributed by atoms with Crippen LogP contribution in [0.2, 0.25) is 0 Å². The van der Waals surface area contributed by atoms with Gasteiger partial charge in [0.1, 0.15) is 6.61 Å². The molecule has 1 aliphatic heterocycles. The SMILES string of the molecule is O=C(OCc1ccccc1)N1CCCC(S(=O)[O-])C1.[Na+]. The minimum Gasteiger partial charge on any atom is -0.772 e. The van der Waals surface area contributed by atoms with Crippen molar-refractivity contribution in [3.8, 4) is 0 Å². The summed E-state index contributed by atoms with van der Waals surface area (Å²) in [5.74, 6) is 0. The number of hydrogen-bond acceptors (Lipinski definition) is 4. The molecular weight excluding hydrogens is 289 g/mol. The molecule has 2 rings (SSSR count). The van der Waals surface area contributed by atoms with Crippen molar-refractivity contribution in [3.05, 3.63) is 35.9 Å². The first-order chi connectivity index (χ1) is 9.16. The third-order valence-electron chi connectivity index (χ3n) is 3.11. The van der Waals surface area contributed by atoms with Gasteiger partial charge in [-0.1, -0.05) is 41.4 Å². The molecule has 0 spiro atoms. The van der Waals surface area contributed by atoms with Crippen LogP contribution in [-0.2, 0) is 22.4 Å². The maximum atomic E-state index is 11.8. The molecule has 0 radical (unpaired) electrons. The smallest absolute Gasteiger partial charge is 0.772 e. The van der Waals surface area contributed by atoms with Crippen LogP contribution in [0.1, 0.15) is 18.4 Å². The second kappa shape index (κ2) is 8.79. The molecule has 0 aromatic heterocycles. The first kappa shape index (κ1) is 17.7. The van der Waals surface area contributed by atoms with Crippen LogP contribution in [0.5, 0.6) is 0 Å². The van der Waals surface area contributed by atoms with Crippen LogP contribution in [-0.4, -0.2) is 38.1 Å². The molecule has 1 aromatic rings. The van der Waals surface area contributed by atoms with Crippen molar-refractivity contribution in [2.24, 2.45) is 0 Å². The quantitative estimate of drug-likeness (QED) is 0.512. The van der Waals surface area contributed by atoms with E-state index >= 15 is 0 Å². The maximum absolute atomic E-state index is 11.8. The van der Waals surface area contributed by atoms with Gasteiger partial charge in [0.05, 0.1) is 0 Å². The van der Waals surface area contributed by atoms with Crippen molar-refractivity contribution in [1.82, 2.24) is 4.90 Å². The van der Waals surface area contributed by atoms with E-state index in [1.165, 1.54) is 4.90 Å². The number of hydrogen-bond donors (Lipinski definition) is 0. The maximum Gasteiger partial charge on any atom is 1.00 e. The number of nitrogens with zero attached hydrogens (tertiary/aromatic N) is 1. The van der Waals surface area contributed by atoms with E-state index in [0.717, 1.165) is 5.56 Å². The molecule has 1 heterocycles. The molecule has 1 aromatic carbocycles. The molecule has 0 aliphatic carbocycles. The molecular formula is C13H16NNaO4S. The standard InChI is InChI=1S/C13H17NO4S.Na/c15-13(18-10-11-5-2-1-3-6-11)14-8-4-7-12(9-14)19(16)17;/h1-3,5-6,12H,4,7-10H2,(H,16,17);/q;+1/p-1. The van der Waals surface area contributed by atoms with Gasteiger partial charge in [0.15, 0.2) is 0 Å². The topological polar surface area (TPSA) is 69.7 Å². The number of carbonyl (C=O) groups excluding carboxylic acids is 1. The summed E-state index contributed by atoms with van der Waals surface area (Å²) in [4.78, 5) is 13.3. The molecule has 104 valence electrons. The molecule has 20 heavy (non-hydrogen) atoms. The zero-order valence-electron chi connectivity index (χ0n) is 11.5. The minimum absolute atomic E-state index is 0. The molecule has 5 nitrogen and oxygen atoms in total. The molecule has 2 atom stereocenters. The Labute approximate surface area is 143 Å². The van der Waals surface area contributed by atoms with Crippen LogP contribution in [0.15, 0.2) is 30.3 Å². The average molecular weight is 305 g/mol.